The number of aromatic nitrogens is 1. The molecule has 0 radical (unpaired) electrons. The van der Waals surface area contributed by atoms with E-state index in [0.29, 0.717) is 33.6 Å². The smallest absolute Gasteiger partial charge is 0.350 e. The van der Waals surface area contributed by atoms with Crippen LogP contribution in [0.3, 0.4) is 0 Å². The largest absolute Gasteiger partial charge is 0.495 e. The summed E-state index contributed by atoms with van der Waals surface area (Å²) in [5.74, 6) is 0.295. The molecule has 202 valence electrons. The molecule has 38 heavy (non-hydrogen) atoms. The van der Waals surface area contributed by atoms with Gasteiger partial charge in [0, 0.05) is 22.2 Å². The number of nitrogens with one attached hydrogen (secondary N) is 1. The summed E-state index contributed by atoms with van der Waals surface area (Å²) < 4.78 is 10.7. The number of hydrogen-bond donors (Lipinski definition) is 1. The number of thiazole rings is 1. The van der Waals surface area contributed by atoms with Crippen LogP contribution >= 0.6 is 22.7 Å². The molecule has 2 heterocycles. The summed E-state index contributed by atoms with van der Waals surface area (Å²) >= 11 is 2.62. The number of amides is 2. The molecule has 1 aliphatic rings. The number of benzene rings is 1. The number of carbonyl (C=O) groups is 3. The van der Waals surface area contributed by atoms with E-state index in [1.807, 2.05) is 26.0 Å². The third-order valence-corrected chi connectivity index (χ3v) is 8.60. The summed E-state index contributed by atoms with van der Waals surface area (Å²) in [5, 5.41) is 4.50. The number of rotatable bonds is 8. The molecule has 1 N–H and O–H groups in total. The molecule has 0 unspecified atom stereocenters. The van der Waals surface area contributed by atoms with E-state index in [1.165, 1.54) is 36.9 Å². The number of hydrogen-bond acceptors (Lipinski definition) is 8. The van der Waals surface area contributed by atoms with Gasteiger partial charge in [0.05, 0.1) is 31.1 Å². The Labute approximate surface area is 231 Å². The predicted octanol–water partition coefficient (Wildman–Crippen LogP) is 6.49. The van der Waals surface area contributed by atoms with Crippen LogP contribution in [0.5, 0.6) is 5.75 Å². The van der Waals surface area contributed by atoms with Crippen molar-refractivity contribution in [2.75, 3.05) is 24.4 Å². The van der Waals surface area contributed by atoms with Crippen molar-refractivity contribution in [3.8, 4) is 16.2 Å². The Hall–Kier alpha value is -3.24. The Morgan fingerprint density at radius 1 is 1.11 bits per heavy atom. The maximum Gasteiger partial charge on any atom is 0.350 e. The summed E-state index contributed by atoms with van der Waals surface area (Å²) in [6, 6.07) is 7.15. The highest BCUT2D eigenvalue weighted by molar-refractivity contribution is 7.18. The molecule has 1 saturated carbocycles. The van der Waals surface area contributed by atoms with Crippen molar-refractivity contribution in [1.29, 1.82) is 0 Å². The van der Waals surface area contributed by atoms with Crippen molar-refractivity contribution in [1.82, 2.24) is 4.98 Å². The molecule has 0 aliphatic heterocycles. The van der Waals surface area contributed by atoms with Crippen LogP contribution in [0.2, 0.25) is 0 Å². The lowest BCUT2D eigenvalue weighted by Crippen LogP contribution is -2.42. The fourth-order valence-electron chi connectivity index (χ4n) is 4.76. The molecule has 1 aromatic carbocycles. The quantitative estimate of drug-likeness (QED) is 0.319. The Kier molecular flexibility index (Phi) is 8.83. The molecule has 8 nitrogen and oxygen atoms in total. The fraction of sp³-hybridized carbons (Fsp3) is 0.429. The third-order valence-electron chi connectivity index (χ3n) is 6.86. The van der Waals surface area contributed by atoms with E-state index in [9.17, 15) is 14.4 Å². The molecule has 3 aromatic rings. The van der Waals surface area contributed by atoms with Crippen molar-refractivity contribution in [2.45, 2.75) is 52.5 Å². The number of carbonyl (C=O) groups excluding carboxylic acids is 3. The Bertz CT molecular complexity index is 1290. The van der Waals surface area contributed by atoms with Gasteiger partial charge in [-0.15, -0.1) is 22.7 Å². The molecule has 1 fully saturated rings. The lowest BCUT2D eigenvalue weighted by Gasteiger charge is -2.33. The van der Waals surface area contributed by atoms with E-state index >= 15 is 0 Å². The second-order valence-corrected chi connectivity index (χ2v) is 11.6. The molecule has 2 amide bonds. The highest BCUT2D eigenvalue weighted by atomic mass is 32.1. The number of nitrogens with zero attached hydrogens (tertiary/aromatic N) is 2. The zero-order valence-electron chi connectivity index (χ0n) is 22.3. The summed E-state index contributed by atoms with van der Waals surface area (Å²) in [6.07, 6.45) is 3.79. The van der Waals surface area contributed by atoms with Gasteiger partial charge in [-0.1, -0.05) is 13.0 Å². The minimum absolute atomic E-state index is 0.0526. The van der Waals surface area contributed by atoms with Crippen LogP contribution in [0.1, 0.15) is 66.6 Å². The molecule has 0 atom stereocenters. The first-order valence-electron chi connectivity index (χ1n) is 12.7. The van der Waals surface area contributed by atoms with Gasteiger partial charge >= 0.3 is 5.97 Å². The van der Waals surface area contributed by atoms with Crippen LogP contribution in [0.25, 0.3) is 10.4 Å². The van der Waals surface area contributed by atoms with Crippen molar-refractivity contribution in [2.24, 2.45) is 11.8 Å². The second kappa shape index (κ2) is 12.1. The standard InChI is InChI=1S/C28H33N3O5S2/c1-16(2)31(27(33)18-8-6-17(3)7-9-18)22-13-24(38-25(22)28(34)36-5)19-10-11-20(23(12-19)35-4)30-26(32)21-14-37-15-29-21/h10-18H,6-9H2,1-5H3,(H,30,32). The summed E-state index contributed by atoms with van der Waals surface area (Å²) in [5.41, 5.74) is 3.79. The van der Waals surface area contributed by atoms with E-state index in [4.69, 9.17) is 9.47 Å². The van der Waals surface area contributed by atoms with Crippen molar-refractivity contribution in [3.63, 3.8) is 0 Å². The summed E-state index contributed by atoms with van der Waals surface area (Å²) in [6.45, 7) is 6.15. The molecular weight excluding hydrogens is 522 g/mol. The first kappa shape index (κ1) is 27.8. The van der Waals surface area contributed by atoms with Gasteiger partial charge in [-0.3, -0.25) is 9.59 Å². The van der Waals surface area contributed by atoms with Gasteiger partial charge < -0.3 is 19.7 Å². The first-order valence-corrected chi connectivity index (χ1v) is 14.4. The lowest BCUT2D eigenvalue weighted by molar-refractivity contribution is -0.123. The van der Waals surface area contributed by atoms with E-state index in [0.717, 1.165) is 36.1 Å². The average molecular weight is 556 g/mol. The molecule has 0 saturated heterocycles. The molecule has 0 spiro atoms. The van der Waals surface area contributed by atoms with E-state index in [-0.39, 0.29) is 23.8 Å². The summed E-state index contributed by atoms with van der Waals surface area (Å²) in [7, 11) is 2.87. The highest BCUT2D eigenvalue weighted by Crippen LogP contribution is 2.42. The molecule has 1 aliphatic carbocycles. The van der Waals surface area contributed by atoms with Crippen LogP contribution in [-0.2, 0) is 9.53 Å². The minimum Gasteiger partial charge on any atom is -0.495 e. The lowest BCUT2D eigenvalue weighted by atomic mass is 9.82. The molecule has 4 rings (SSSR count). The summed E-state index contributed by atoms with van der Waals surface area (Å²) in [4.78, 5) is 46.0. The number of esters is 1. The number of ether oxygens (including phenoxy) is 2. The van der Waals surface area contributed by atoms with E-state index in [1.54, 1.807) is 27.9 Å². The van der Waals surface area contributed by atoms with Gasteiger partial charge in [0.2, 0.25) is 5.91 Å². The Morgan fingerprint density at radius 3 is 2.45 bits per heavy atom. The van der Waals surface area contributed by atoms with Crippen molar-refractivity contribution >= 4 is 51.8 Å². The van der Waals surface area contributed by atoms with Crippen molar-refractivity contribution < 1.29 is 23.9 Å². The topological polar surface area (TPSA) is 97.8 Å². The average Bonchev–Trinajstić information content (AvgIpc) is 3.60. The predicted molar refractivity (Wildman–Crippen MR) is 151 cm³/mol. The normalized spacial score (nSPS) is 17.2. The third kappa shape index (κ3) is 5.91. The highest BCUT2D eigenvalue weighted by Gasteiger charge is 2.33. The second-order valence-electron chi connectivity index (χ2n) is 9.82. The number of methoxy groups -OCH3 is 2. The molecule has 2 aromatic heterocycles. The van der Waals surface area contributed by atoms with Crippen molar-refractivity contribution in [3.05, 3.63) is 45.7 Å². The zero-order valence-corrected chi connectivity index (χ0v) is 23.9. The molecule has 0 bridgehead atoms. The van der Waals surface area contributed by atoms with Gasteiger partial charge in [-0.2, -0.15) is 0 Å². The van der Waals surface area contributed by atoms with Gasteiger partial charge in [0.1, 0.15) is 16.3 Å². The van der Waals surface area contributed by atoms with Crippen LogP contribution in [0.15, 0.2) is 35.2 Å². The Balaban J connectivity index is 1.68. The van der Waals surface area contributed by atoms with Gasteiger partial charge in [0.25, 0.3) is 5.91 Å². The van der Waals surface area contributed by atoms with Gasteiger partial charge in [-0.05, 0) is 69.2 Å². The molecular formula is C28H33N3O5S2. The number of anilines is 2. The van der Waals surface area contributed by atoms with Crippen LogP contribution in [0, 0.1) is 11.8 Å². The Morgan fingerprint density at radius 2 is 1.84 bits per heavy atom. The van der Waals surface area contributed by atoms with E-state index in [2.05, 4.69) is 17.2 Å². The van der Waals surface area contributed by atoms with Crippen LogP contribution < -0.4 is 15.0 Å². The fourth-order valence-corrected chi connectivity index (χ4v) is 6.35. The maximum atomic E-state index is 13.7. The first-order chi connectivity index (χ1) is 18.2. The minimum atomic E-state index is -0.480. The number of thiophene rings is 1. The zero-order chi connectivity index (χ0) is 27.4. The van der Waals surface area contributed by atoms with Crippen LogP contribution in [0.4, 0.5) is 11.4 Å². The molecule has 10 heteroatoms. The monoisotopic (exact) mass is 555 g/mol. The van der Waals surface area contributed by atoms with Gasteiger partial charge in [-0.25, -0.2) is 9.78 Å². The SMILES string of the molecule is COC(=O)c1sc(-c2ccc(NC(=O)c3cscn3)c(OC)c2)cc1N(C(=O)C1CCC(C)CC1)C(C)C. The van der Waals surface area contributed by atoms with Gasteiger partial charge in [0.15, 0.2) is 0 Å². The van der Waals surface area contributed by atoms with Crippen LogP contribution in [-0.4, -0.2) is 43.0 Å². The van der Waals surface area contributed by atoms with E-state index < -0.39 is 5.97 Å². The maximum absolute atomic E-state index is 13.7.